The van der Waals surface area contributed by atoms with Gasteiger partial charge in [-0.3, -0.25) is 4.79 Å². The maximum absolute atomic E-state index is 11.7. The van der Waals surface area contributed by atoms with Crippen LogP contribution in [0.2, 0.25) is 0 Å². The number of benzene rings is 2. The molecular formula is C35H38O12. The summed E-state index contributed by atoms with van der Waals surface area (Å²) in [5, 5.41) is 70.7. The Morgan fingerprint density at radius 2 is 1.28 bits per heavy atom. The second-order valence-electron chi connectivity index (χ2n) is 12.3. The van der Waals surface area contributed by atoms with E-state index >= 15 is 0 Å². The molecule has 6 rings (SSSR count). The molecule has 3 aliphatic heterocycles. The monoisotopic (exact) mass is 650 g/mol. The molecule has 7 N–H and O–H groups in total. The molecule has 3 heterocycles. The van der Waals surface area contributed by atoms with E-state index in [-0.39, 0.29) is 0 Å². The third-order valence-corrected chi connectivity index (χ3v) is 9.49. The molecule has 12 heteroatoms. The number of carbonyl (C=O) groups excluding carboxylic acids is 1. The van der Waals surface area contributed by atoms with Crippen molar-refractivity contribution in [3.05, 3.63) is 58.7 Å². The van der Waals surface area contributed by atoms with Crippen LogP contribution in [0.5, 0.6) is 0 Å². The fraction of sp³-hybridized carbons (Fsp3) is 0.514. The van der Waals surface area contributed by atoms with Crippen LogP contribution in [-0.4, -0.2) is 129 Å². The highest BCUT2D eigenvalue weighted by atomic mass is 16.6. The largest absolute Gasteiger partial charge is 0.456 e. The van der Waals surface area contributed by atoms with Crippen LogP contribution < -0.4 is 0 Å². The molecule has 2 aromatic carbocycles. The van der Waals surface area contributed by atoms with Gasteiger partial charge in [0.2, 0.25) is 0 Å². The van der Waals surface area contributed by atoms with Gasteiger partial charge in [0, 0.05) is 36.7 Å². The van der Waals surface area contributed by atoms with E-state index in [0.29, 0.717) is 37.2 Å². The molecule has 12 nitrogen and oxygen atoms in total. The van der Waals surface area contributed by atoms with Gasteiger partial charge in [-0.15, -0.1) is 0 Å². The number of aliphatic hydroxyl groups excluding tert-OH is 7. The van der Waals surface area contributed by atoms with Crippen molar-refractivity contribution in [1.82, 2.24) is 0 Å². The van der Waals surface area contributed by atoms with E-state index in [1.807, 2.05) is 36.4 Å². The van der Waals surface area contributed by atoms with Gasteiger partial charge in [0.1, 0.15) is 48.8 Å². The normalized spacial score (nSPS) is 33.9. The quantitative estimate of drug-likeness (QED) is 0.154. The van der Waals surface area contributed by atoms with Crippen LogP contribution in [0.15, 0.2) is 36.4 Å². The molecule has 0 bridgehead atoms. The smallest absolute Gasteiger partial charge is 0.303 e. The van der Waals surface area contributed by atoms with Crippen molar-refractivity contribution in [2.45, 2.75) is 86.2 Å². The Balaban J connectivity index is 1.32. The summed E-state index contributed by atoms with van der Waals surface area (Å²) < 4.78 is 22.2. The zero-order chi connectivity index (χ0) is 33.5. The molecule has 0 saturated carbocycles. The van der Waals surface area contributed by atoms with Crippen LogP contribution in [0.3, 0.4) is 0 Å². The number of esters is 1. The van der Waals surface area contributed by atoms with E-state index in [2.05, 4.69) is 23.7 Å². The molecule has 250 valence electrons. The van der Waals surface area contributed by atoms with Gasteiger partial charge in [0.15, 0.2) is 12.2 Å². The summed E-state index contributed by atoms with van der Waals surface area (Å²) in [6, 6.07) is 11.7. The number of hydrogen-bond acceptors (Lipinski definition) is 12. The number of hydrogen-bond donors (Lipinski definition) is 7. The van der Waals surface area contributed by atoms with E-state index in [1.54, 1.807) is 0 Å². The predicted octanol–water partition coefficient (Wildman–Crippen LogP) is -1.28. The number of ether oxygens (including phenoxy) is 4. The first-order valence-corrected chi connectivity index (χ1v) is 15.6. The Bertz CT molecular complexity index is 1610. The first-order chi connectivity index (χ1) is 22.6. The van der Waals surface area contributed by atoms with Crippen LogP contribution in [-0.2, 0) is 29.2 Å². The minimum absolute atomic E-state index is 0.397. The summed E-state index contributed by atoms with van der Waals surface area (Å²) in [7, 11) is 0. The van der Waals surface area contributed by atoms with Crippen LogP contribution in [0.25, 0.3) is 11.1 Å². The molecule has 10 atom stereocenters. The van der Waals surface area contributed by atoms with Crippen molar-refractivity contribution in [3.63, 3.8) is 0 Å². The van der Waals surface area contributed by atoms with Gasteiger partial charge in [0.25, 0.3) is 0 Å². The van der Waals surface area contributed by atoms with Crippen molar-refractivity contribution in [2.75, 3.05) is 26.4 Å². The summed E-state index contributed by atoms with van der Waals surface area (Å²) >= 11 is 0. The standard InChI is InChI=1S/C35H38O12/c1-18(38)45-34-26(47-28(17-37)31(41)33(34)43)9-5-20-3-7-22-21-6-2-19(4-8-25-29(39)32(42)30(40)27(16-36)46-25)14-23(21)35(24(22)15-20)10-12-44-13-11-35/h2-3,6-7,14-15,25-34,36-37,39-43H,10-13,16-17H2,1H3/t25-,26-,27-,28-,29-,30-,31-,32-,33+,34-/m1/s1. The molecule has 4 aliphatic rings. The Kier molecular flexibility index (Phi) is 9.72. The minimum atomic E-state index is -1.51. The highest BCUT2D eigenvalue weighted by molar-refractivity contribution is 5.82. The van der Waals surface area contributed by atoms with Gasteiger partial charge >= 0.3 is 5.97 Å². The Morgan fingerprint density at radius 1 is 0.766 bits per heavy atom. The first kappa shape index (κ1) is 33.5. The number of rotatable bonds is 3. The van der Waals surface area contributed by atoms with E-state index in [4.69, 9.17) is 18.9 Å². The predicted molar refractivity (Wildman–Crippen MR) is 164 cm³/mol. The zero-order valence-corrected chi connectivity index (χ0v) is 25.7. The Morgan fingerprint density at radius 3 is 1.81 bits per heavy atom. The molecule has 0 unspecified atom stereocenters. The summed E-state index contributed by atoms with van der Waals surface area (Å²) in [6.07, 6.45) is -11.6. The minimum Gasteiger partial charge on any atom is -0.456 e. The SMILES string of the molecule is CC(=O)O[C@H]1[C@@H](O)[C@H](O)[C@@H](CO)O[C@@H]1C#Cc1ccc2c(c1)C1(CCOCC1)c1cc(C#C[C@H]3O[C@H](CO)[C@@H](O)[C@H](O)[C@@H]3O)ccc1-2. The lowest BCUT2D eigenvalue weighted by molar-refractivity contribution is -0.225. The van der Waals surface area contributed by atoms with E-state index < -0.39 is 85.6 Å². The van der Waals surface area contributed by atoms with Crippen molar-refractivity contribution >= 4 is 5.97 Å². The zero-order valence-electron chi connectivity index (χ0n) is 25.7. The highest BCUT2D eigenvalue weighted by Gasteiger charge is 2.47. The lowest BCUT2D eigenvalue weighted by atomic mass is 9.72. The van der Waals surface area contributed by atoms with Crippen LogP contribution >= 0.6 is 0 Å². The highest BCUT2D eigenvalue weighted by Crippen LogP contribution is 2.54. The van der Waals surface area contributed by atoms with E-state index in [0.717, 1.165) is 22.3 Å². The molecule has 0 amide bonds. The number of fused-ring (bicyclic) bond motifs is 5. The number of aliphatic hydroxyl groups is 7. The summed E-state index contributed by atoms with van der Waals surface area (Å²) in [6.45, 7) is 1.17. The fourth-order valence-corrected chi connectivity index (χ4v) is 6.97. The third kappa shape index (κ3) is 6.19. The molecule has 3 saturated heterocycles. The van der Waals surface area contributed by atoms with Gasteiger partial charge in [-0.05, 0) is 59.4 Å². The van der Waals surface area contributed by atoms with Gasteiger partial charge < -0.3 is 54.7 Å². The van der Waals surface area contributed by atoms with Gasteiger partial charge in [-0.1, -0.05) is 35.8 Å². The summed E-state index contributed by atoms with van der Waals surface area (Å²) in [5.74, 6) is 11.2. The van der Waals surface area contributed by atoms with Gasteiger partial charge in [0.05, 0.1) is 13.2 Å². The second-order valence-corrected chi connectivity index (χ2v) is 12.3. The van der Waals surface area contributed by atoms with Crippen LogP contribution in [0.1, 0.15) is 42.0 Å². The molecule has 0 radical (unpaired) electrons. The lowest BCUT2D eigenvalue weighted by Crippen LogP contribution is -2.59. The summed E-state index contributed by atoms with van der Waals surface area (Å²) in [4.78, 5) is 11.7. The molecule has 1 spiro atoms. The average molecular weight is 651 g/mol. The molecular weight excluding hydrogens is 612 g/mol. The van der Waals surface area contributed by atoms with Crippen molar-refractivity contribution in [2.24, 2.45) is 0 Å². The van der Waals surface area contributed by atoms with Gasteiger partial charge in [-0.25, -0.2) is 0 Å². The van der Waals surface area contributed by atoms with E-state index in [9.17, 15) is 40.5 Å². The van der Waals surface area contributed by atoms with Crippen molar-refractivity contribution < 1.29 is 59.5 Å². The Hall–Kier alpha value is -3.37. The molecule has 47 heavy (non-hydrogen) atoms. The molecule has 2 aromatic rings. The second kappa shape index (κ2) is 13.6. The Labute approximate surface area is 271 Å². The molecule has 0 aromatic heterocycles. The van der Waals surface area contributed by atoms with E-state index in [1.165, 1.54) is 6.92 Å². The van der Waals surface area contributed by atoms with Crippen LogP contribution in [0, 0.1) is 23.7 Å². The maximum Gasteiger partial charge on any atom is 0.303 e. The maximum atomic E-state index is 11.7. The third-order valence-electron chi connectivity index (χ3n) is 9.49. The lowest BCUT2D eigenvalue weighted by Gasteiger charge is -2.39. The summed E-state index contributed by atoms with van der Waals surface area (Å²) in [5.41, 5.74) is 5.10. The topological polar surface area (TPSA) is 196 Å². The fourth-order valence-electron chi connectivity index (χ4n) is 6.97. The molecule has 3 fully saturated rings. The van der Waals surface area contributed by atoms with Crippen molar-refractivity contribution in [3.8, 4) is 34.8 Å². The average Bonchev–Trinajstić information content (AvgIpc) is 3.32. The van der Waals surface area contributed by atoms with Gasteiger partial charge in [-0.2, -0.15) is 0 Å². The van der Waals surface area contributed by atoms with Crippen LogP contribution in [0.4, 0.5) is 0 Å². The number of carbonyl (C=O) groups is 1. The van der Waals surface area contributed by atoms with Crippen molar-refractivity contribution in [1.29, 1.82) is 0 Å². The molecule has 1 aliphatic carbocycles. The first-order valence-electron chi connectivity index (χ1n) is 15.6.